The minimum Gasteiger partial charge on any atom is -0.348 e. The molecule has 1 aromatic carbocycles. The van der Waals surface area contributed by atoms with Crippen molar-refractivity contribution in [3.05, 3.63) is 72.2 Å². The summed E-state index contributed by atoms with van der Waals surface area (Å²) in [7, 11) is 0. The minimum absolute atomic E-state index is 0.112. The summed E-state index contributed by atoms with van der Waals surface area (Å²) in [6, 6.07) is 9.67. The lowest BCUT2D eigenvalue weighted by molar-refractivity contribution is 0.0932. The van der Waals surface area contributed by atoms with Gasteiger partial charge in [0.2, 0.25) is 0 Å². The molecule has 0 aliphatic heterocycles. The topological polar surface area (TPSA) is 72.7 Å². The molecule has 1 N–H and O–H groups in total. The van der Waals surface area contributed by atoms with Gasteiger partial charge in [-0.1, -0.05) is 12.1 Å². The van der Waals surface area contributed by atoms with E-state index in [4.69, 9.17) is 0 Å². The van der Waals surface area contributed by atoms with Gasteiger partial charge in [0.25, 0.3) is 5.91 Å². The third-order valence-corrected chi connectivity index (χ3v) is 4.69. The monoisotopic (exact) mass is 371 g/mol. The van der Waals surface area contributed by atoms with Gasteiger partial charge in [-0.05, 0) is 36.8 Å². The zero-order valence-electron chi connectivity index (χ0n) is 14.2. The molecule has 1 atom stereocenters. The maximum Gasteiger partial charge on any atom is 0.254 e. The number of halogens is 1. The highest BCUT2D eigenvalue weighted by atomic mass is 32.2. The molecule has 3 rings (SSSR count). The van der Waals surface area contributed by atoms with Crippen LogP contribution in [0.3, 0.4) is 0 Å². The van der Waals surface area contributed by atoms with Crippen LogP contribution in [0.25, 0.3) is 0 Å². The second-order valence-corrected chi connectivity index (χ2v) is 6.73. The van der Waals surface area contributed by atoms with Crippen molar-refractivity contribution < 1.29 is 9.18 Å². The Bertz CT molecular complexity index is 854. The van der Waals surface area contributed by atoms with Crippen LogP contribution in [-0.4, -0.2) is 31.7 Å². The normalized spacial score (nSPS) is 11.9. The Labute approximate surface area is 154 Å². The SMILES string of the molecule is CC(Cn1cncn1)NC(=O)c1cccnc1SCc1ccc(F)cc1. The molecule has 0 saturated heterocycles. The van der Waals surface area contributed by atoms with E-state index in [9.17, 15) is 9.18 Å². The molecule has 2 heterocycles. The summed E-state index contributed by atoms with van der Waals surface area (Å²) >= 11 is 1.44. The molecule has 0 bridgehead atoms. The number of aromatic nitrogens is 4. The Morgan fingerprint density at radius 1 is 1.31 bits per heavy atom. The van der Waals surface area contributed by atoms with Gasteiger partial charge in [0.05, 0.1) is 12.1 Å². The van der Waals surface area contributed by atoms with Crippen molar-refractivity contribution in [3.63, 3.8) is 0 Å². The molecule has 26 heavy (non-hydrogen) atoms. The van der Waals surface area contributed by atoms with Gasteiger partial charge in [-0.25, -0.2) is 14.4 Å². The van der Waals surface area contributed by atoms with E-state index in [0.29, 0.717) is 22.9 Å². The van der Waals surface area contributed by atoms with Crippen molar-refractivity contribution in [2.45, 2.75) is 30.3 Å². The van der Waals surface area contributed by atoms with Gasteiger partial charge in [0, 0.05) is 18.0 Å². The number of rotatable bonds is 7. The number of pyridine rings is 1. The fraction of sp³-hybridized carbons (Fsp3) is 0.222. The number of carbonyl (C=O) groups is 1. The minimum atomic E-state index is -0.266. The van der Waals surface area contributed by atoms with Gasteiger partial charge in [0.1, 0.15) is 23.5 Å². The average Bonchev–Trinajstić information content (AvgIpc) is 3.14. The quantitative estimate of drug-likeness (QED) is 0.647. The van der Waals surface area contributed by atoms with Gasteiger partial charge >= 0.3 is 0 Å². The van der Waals surface area contributed by atoms with Crippen LogP contribution >= 0.6 is 11.8 Å². The number of carbonyl (C=O) groups excluding carboxylic acids is 1. The van der Waals surface area contributed by atoms with E-state index in [1.54, 1.807) is 41.5 Å². The van der Waals surface area contributed by atoms with Gasteiger partial charge in [-0.15, -0.1) is 11.8 Å². The summed E-state index contributed by atoms with van der Waals surface area (Å²) in [6.07, 6.45) is 4.72. The van der Waals surface area contributed by atoms with Crippen molar-refractivity contribution in [2.75, 3.05) is 0 Å². The largest absolute Gasteiger partial charge is 0.348 e. The van der Waals surface area contributed by atoms with Gasteiger partial charge in [0.15, 0.2) is 0 Å². The third kappa shape index (κ3) is 4.89. The van der Waals surface area contributed by atoms with Crippen molar-refractivity contribution in [3.8, 4) is 0 Å². The van der Waals surface area contributed by atoms with E-state index in [1.165, 1.54) is 30.2 Å². The first kappa shape index (κ1) is 18.1. The lowest BCUT2D eigenvalue weighted by Gasteiger charge is -2.15. The van der Waals surface area contributed by atoms with Crippen LogP contribution in [0.2, 0.25) is 0 Å². The molecule has 2 aromatic heterocycles. The number of benzene rings is 1. The summed E-state index contributed by atoms with van der Waals surface area (Å²) in [6.45, 7) is 2.44. The van der Waals surface area contributed by atoms with Crippen molar-refractivity contribution >= 4 is 17.7 Å². The Hall–Kier alpha value is -2.74. The summed E-state index contributed by atoms with van der Waals surface area (Å²) in [5, 5.41) is 7.63. The Morgan fingerprint density at radius 3 is 2.85 bits per heavy atom. The molecule has 3 aromatic rings. The van der Waals surface area contributed by atoms with Crippen molar-refractivity contribution in [1.29, 1.82) is 0 Å². The number of thioether (sulfide) groups is 1. The van der Waals surface area contributed by atoms with Crippen LogP contribution in [0.5, 0.6) is 0 Å². The maximum atomic E-state index is 13.0. The molecular weight excluding hydrogens is 353 g/mol. The second-order valence-electron chi connectivity index (χ2n) is 5.76. The van der Waals surface area contributed by atoms with Crippen LogP contribution in [0, 0.1) is 5.82 Å². The molecule has 0 radical (unpaired) electrons. The molecule has 1 amide bonds. The predicted molar refractivity (Wildman–Crippen MR) is 97.1 cm³/mol. The smallest absolute Gasteiger partial charge is 0.254 e. The van der Waals surface area contributed by atoms with Crippen LogP contribution in [-0.2, 0) is 12.3 Å². The molecule has 0 aliphatic rings. The maximum absolute atomic E-state index is 13.0. The van der Waals surface area contributed by atoms with E-state index in [-0.39, 0.29) is 17.8 Å². The highest BCUT2D eigenvalue weighted by Crippen LogP contribution is 2.24. The first-order valence-corrected chi connectivity index (χ1v) is 9.06. The Balaban J connectivity index is 1.63. The molecule has 1 unspecified atom stereocenters. The predicted octanol–water partition coefficient (Wildman–Crippen LogP) is 2.92. The Morgan fingerprint density at radius 2 is 2.12 bits per heavy atom. The molecule has 6 nitrogen and oxygen atoms in total. The highest BCUT2D eigenvalue weighted by molar-refractivity contribution is 7.98. The average molecular weight is 371 g/mol. The summed E-state index contributed by atoms with van der Waals surface area (Å²) < 4.78 is 14.7. The van der Waals surface area contributed by atoms with Crippen molar-refractivity contribution in [1.82, 2.24) is 25.1 Å². The second kappa shape index (κ2) is 8.57. The number of hydrogen-bond acceptors (Lipinski definition) is 5. The lowest BCUT2D eigenvalue weighted by Crippen LogP contribution is -2.36. The van der Waals surface area contributed by atoms with E-state index < -0.39 is 0 Å². The van der Waals surface area contributed by atoms with Crippen LogP contribution in [0.15, 0.2) is 60.3 Å². The number of nitrogens with zero attached hydrogens (tertiary/aromatic N) is 4. The fourth-order valence-corrected chi connectivity index (χ4v) is 3.31. The van der Waals surface area contributed by atoms with Crippen LogP contribution in [0.1, 0.15) is 22.8 Å². The summed E-state index contributed by atoms with van der Waals surface area (Å²) in [4.78, 5) is 20.8. The standard InChI is InChI=1S/C18H18FN5OS/c1-13(9-24-12-20-11-22-24)23-17(25)16-3-2-8-21-18(16)26-10-14-4-6-15(19)7-5-14/h2-8,11-13H,9-10H2,1H3,(H,23,25). The third-order valence-electron chi connectivity index (χ3n) is 3.61. The van der Waals surface area contributed by atoms with Crippen LogP contribution < -0.4 is 5.32 Å². The number of nitrogens with one attached hydrogen (secondary N) is 1. The molecule has 8 heteroatoms. The first-order valence-electron chi connectivity index (χ1n) is 8.07. The molecule has 0 fully saturated rings. The number of hydrogen-bond donors (Lipinski definition) is 1. The van der Waals surface area contributed by atoms with Crippen molar-refractivity contribution in [2.24, 2.45) is 0 Å². The molecule has 134 valence electrons. The van der Waals surface area contributed by atoms with Gasteiger partial charge in [-0.2, -0.15) is 5.10 Å². The highest BCUT2D eigenvalue weighted by Gasteiger charge is 2.15. The zero-order chi connectivity index (χ0) is 18.4. The molecule has 0 saturated carbocycles. The molecule has 0 spiro atoms. The fourth-order valence-electron chi connectivity index (χ4n) is 2.37. The molecular formula is C18H18FN5OS. The Kier molecular flexibility index (Phi) is 5.96. The van der Waals surface area contributed by atoms with E-state index in [0.717, 1.165) is 5.56 Å². The van der Waals surface area contributed by atoms with Gasteiger partial charge < -0.3 is 5.32 Å². The first-order chi connectivity index (χ1) is 12.6. The molecule has 0 aliphatic carbocycles. The summed E-state index contributed by atoms with van der Waals surface area (Å²) in [5.41, 5.74) is 1.48. The van der Waals surface area contributed by atoms with E-state index >= 15 is 0 Å². The summed E-state index contributed by atoms with van der Waals surface area (Å²) in [5.74, 6) is 0.150. The lowest BCUT2D eigenvalue weighted by atomic mass is 10.2. The van der Waals surface area contributed by atoms with E-state index in [2.05, 4.69) is 20.4 Å². The van der Waals surface area contributed by atoms with Crippen LogP contribution in [0.4, 0.5) is 4.39 Å². The van der Waals surface area contributed by atoms with Gasteiger partial charge in [-0.3, -0.25) is 9.48 Å². The zero-order valence-corrected chi connectivity index (χ0v) is 15.0. The van der Waals surface area contributed by atoms with E-state index in [1.807, 2.05) is 6.92 Å². The number of amides is 1.